The van der Waals surface area contributed by atoms with Crippen LogP contribution in [0.3, 0.4) is 0 Å². The molecule has 0 aliphatic carbocycles. The third kappa shape index (κ3) is 3.72. The number of hydrogen-bond donors (Lipinski definition) is 1. The van der Waals surface area contributed by atoms with E-state index in [9.17, 15) is 23.6 Å². The second-order valence-electron chi connectivity index (χ2n) is 6.29. The molecule has 0 unspecified atom stereocenters. The van der Waals surface area contributed by atoms with Gasteiger partial charge in [0.1, 0.15) is 11.9 Å². The summed E-state index contributed by atoms with van der Waals surface area (Å²) in [7, 11) is 5.83. The van der Waals surface area contributed by atoms with E-state index in [1.54, 1.807) is 14.1 Å². The van der Waals surface area contributed by atoms with Gasteiger partial charge in [0.15, 0.2) is 0 Å². The van der Waals surface area contributed by atoms with E-state index in [0.29, 0.717) is 0 Å². The molecular weight excluding hydrogens is 333 g/mol. The van der Waals surface area contributed by atoms with Crippen molar-refractivity contribution < 1.29 is 14.0 Å². The molecule has 9 nitrogen and oxygen atoms in total. The van der Waals surface area contributed by atoms with Crippen LogP contribution in [-0.4, -0.2) is 70.3 Å². The molecule has 0 aromatic carbocycles. The first-order valence-electron chi connectivity index (χ1n) is 7.80. The number of carbonyl (C=O) groups excluding carboxylic acids is 2. The van der Waals surface area contributed by atoms with Gasteiger partial charge in [0.05, 0.1) is 12.6 Å². The highest BCUT2D eigenvalue weighted by Gasteiger charge is 2.37. The third-order valence-corrected chi connectivity index (χ3v) is 4.26. The molecule has 0 spiro atoms. The Morgan fingerprint density at radius 3 is 2.52 bits per heavy atom. The molecular formula is C15H22FN5O4. The number of amides is 3. The maximum Gasteiger partial charge on any atom is 0.331 e. The van der Waals surface area contributed by atoms with Crippen molar-refractivity contribution in [3.05, 3.63) is 32.6 Å². The first-order valence-corrected chi connectivity index (χ1v) is 7.80. The van der Waals surface area contributed by atoms with Gasteiger partial charge in [0, 0.05) is 47.2 Å². The van der Waals surface area contributed by atoms with Crippen LogP contribution in [0.15, 0.2) is 15.7 Å². The number of rotatable bonds is 3. The van der Waals surface area contributed by atoms with Crippen molar-refractivity contribution >= 4 is 11.9 Å². The van der Waals surface area contributed by atoms with Gasteiger partial charge >= 0.3 is 11.7 Å². The fourth-order valence-corrected chi connectivity index (χ4v) is 2.75. The van der Waals surface area contributed by atoms with E-state index in [1.807, 2.05) is 0 Å². The number of nitrogens with zero attached hydrogens (tertiary/aromatic N) is 4. The lowest BCUT2D eigenvalue weighted by atomic mass is 10.2. The first-order chi connectivity index (χ1) is 11.6. The van der Waals surface area contributed by atoms with E-state index >= 15 is 0 Å². The molecule has 0 radical (unpaired) electrons. The summed E-state index contributed by atoms with van der Waals surface area (Å²) in [6.07, 6.45) is -1.15. The van der Waals surface area contributed by atoms with Gasteiger partial charge in [-0.2, -0.15) is 0 Å². The second kappa shape index (κ2) is 7.08. The average molecular weight is 355 g/mol. The number of aromatic nitrogens is 2. The molecule has 0 bridgehead atoms. The molecule has 0 saturated carbocycles. The Morgan fingerprint density at radius 1 is 1.28 bits per heavy atom. The lowest BCUT2D eigenvalue weighted by Crippen LogP contribution is -2.47. The highest BCUT2D eigenvalue weighted by atomic mass is 19.1. The number of alkyl halides is 1. The topological polar surface area (TPSA) is 96.7 Å². The predicted octanol–water partition coefficient (Wildman–Crippen LogP) is -1.09. The Kier molecular flexibility index (Phi) is 5.29. The highest BCUT2D eigenvalue weighted by Crippen LogP contribution is 2.21. The molecule has 2 atom stereocenters. The van der Waals surface area contributed by atoms with Crippen molar-refractivity contribution in [3.63, 3.8) is 0 Å². The number of urea groups is 1. The fourth-order valence-electron chi connectivity index (χ4n) is 2.75. The Labute approximate surface area is 143 Å². The average Bonchev–Trinajstić information content (AvgIpc) is 2.94. The smallest absolute Gasteiger partial charge is 0.331 e. The minimum atomic E-state index is -1.23. The second-order valence-corrected chi connectivity index (χ2v) is 6.29. The largest absolute Gasteiger partial charge is 0.336 e. The standard InChI is InChI=1S/C15H22FN5O4/c1-18(2)14(24)17-7-10-5-9(16)8-21(10)13(23)11-6-12(22)20(4)15(25)19(11)3/h6,9-10H,5,7-8H2,1-4H3,(H,17,24)/t9-,10-/m0/s1. The zero-order valence-corrected chi connectivity index (χ0v) is 14.7. The number of hydrogen-bond acceptors (Lipinski definition) is 4. The quantitative estimate of drug-likeness (QED) is 0.745. The maximum absolute atomic E-state index is 13.9. The molecule has 1 saturated heterocycles. The van der Waals surface area contributed by atoms with Gasteiger partial charge in [-0.15, -0.1) is 0 Å². The van der Waals surface area contributed by atoms with E-state index in [1.165, 1.54) is 23.9 Å². The molecule has 1 fully saturated rings. The SMILES string of the molecule is CN(C)C(=O)NC[C@@H]1C[C@H](F)CN1C(=O)c1cc(=O)n(C)c(=O)n1C. The Balaban J connectivity index is 2.26. The molecule has 1 aromatic heterocycles. The van der Waals surface area contributed by atoms with Crippen LogP contribution in [0.2, 0.25) is 0 Å². The molecule has 138 valence electrons. The van der Waals surface area contributed by atoms with Crippen LogP contribution in [0, 0.1) is 0 Å². The fraction of sp³-hybridized carbons (Fsp3) is 0.600. The number of likely N-dealkylation sites (tertiary alicyclic amines) is 1. The van der Waals surface area contributed by atoms with Crippen molar-refractivity contribution in [3.8, 4) is 0 Å². The highest BCUT2D eigenvalue weighted by molar-refractivity contribution is 5.93. The molecule has 1 aliphatic rings. The van der Waals surface area contributed by atoms with Gasteiger partial charge < -0.3 is 15.1 Å². The van der Waals surface area contributed by atoms with Gasteiger partial charge in [-0.05, 0) is 0 Å². The van der Waals surface area contributed by atoms with E-state index in [2.05, 4.69) is 5.32 Å². The van der Waals surface area contributed by atoms with E-state index < -0.39 is 29.4 Å². The summed E-state index contributed by atoms with van der Waals surface area (Å²) < 4.78 is 15.8. The summed E-state index contributed by atoms with van der Waals surface area (Å²) in [5, 5.41) is 2.62. The summed E-state index contributed by atoms with van der Waals surface area (Å²) in [5.41, 5.74) is -1.35. The molecule has 2 heterocycles. The molecule has 2 rings (SSSR count). The predicted molar refractivity (Wildman–Crippen MR) is 88.3 cm³/mol. The Bertz CT molecular complexity index is 800. The molecule has 10 heteroatoms. The van der Waals surface area contributed by atoms with E-state index in [0.717, 1.165) is 15.2 Å². The van der Waals surface area contributed by atoms with Crippen LogP contribution in [0.25, 0.3) is 0 Å². The molecule has 3 amide bonds. The van der Waals surface area contributed by atoms with Gasteiger partial charge in [0.2, 0.25) is 0 Å². The summed E-state index contributed by atoms with van der Waals surface area (Å²) in [4.78, 5) is 50.8. The zero-order valence-electron chi connectivity index (χ0n) is 14.7. The van der Waals surface area contributed by atoms with Gasteiger partial charge in [0.25, 0.3) is 11.5 Å². The normalized spacial score (nSPS) is 19.8. The first kappa shape index (κ1) is 18.7. The minimum absolute atomic E-state index is 0.0816. The molecule has 1 N–H and O–H groups in total. The minimum Gasteiger partial charge on any atom is -0.336 e. The summed E-state index contributed by atoms with van der Waals surface area (Å²) in [5.74, 6) is -0.610. The van der Waals surface area contributed by atoms with Crippen LogP contribution >= 0.6 is 0 Å². The molecule has 1 aliphatic heterocycles. The van der Waals surface area contributed by atoms with Crippen molar-refractivity contribution in [1.82, 2.24) is 24.3 Å². The van der Waals surface area contributed by atoms with Crippen molar-refractivity contribution in [2.45, 2.75) is 18.6 Å². The summed E-state index contributed by atoms with van der Waals surface area (Å²) in [6.45, 7) is -0.0628. The van der Waals surface area contributed by atoms with Crippen LogP contribution in [0.4, 0.5) is 9.18 Å². The van der Waals surface area contributed by atoms with Crippen LogP contribution < -0.4 is 16.6 Å². The van der Waals surface area contributed by atoms with Crippen LogP contribution in [-0.2, 0) is 14.1 Å². The summed E-state index contributed by atoms with van der Waals surface area (Å²) in [6, 6.07) is 0.159. The van der Waals surface area contributed by atoms with Gasteiger partial charge in [-0.1, -0.05) is 0 Å². The van der Waals surface area contributed by atoms with Crippen molar-refractivity contribution in [2.75, 3.05) is 27.2 Å². The van der Waals surface area contributed by atoms with E-state index in [4.69, 9.17) is 0 Å². The lowest BCUT2D eigenvalue weighted by Gasteiger charge is -2.26. The Morgan fingerprint density at radius 2 is 1.92 bits per heavy atom. The van der Waals surface area contributed by atoms with Crippen LogP contribution in [0.5, 0.6) is 0 Å². The van der Waals surface area contributed by atoms with Gasteiger partial charge in [-0.25, -0.2) is 14.0 Å². The summed E-state index contributed by atoms with van der Waals surface area (Å²) >= 11 is 0. The molecule has 1 aromatic rings. The van der Waals surface area contributed by atoms with E-state index in [-0.39, 0.29) is 31.2 Å². The van der Waals surface area contributed by atoms with Crippen molar-refractivity contribution in [1.29, 1.82) is 0 Å². The number of halogens is 1. The third-order valence-electron chi connectivity index (χ3n) is 4.26. The zero-order chi connectivity index (χ0) is 18.9. The van der Waals surface area contributed by atoms with Gasteiger partial charge in [-0.3, -0.25) is 18.7 Å². The maximum atomic E-state index is 13.9. The number of nitrogens with one attached hydrogen (secondary N) is 1. The van der Waals surface area contributed by atoms with Crippen molar-refractivity contribution in [2.24, 2.45) is 14.1 Å². The lowest BCUT2D eigenvalue weighted by molar-refractivity contribution is 0.0716. The number of carbonyl (C=O) groups is 2. The monoisotopic (exact) mass is 355 g/mol. The Hall–Kier alpha value is -2.65. The molecule has 25 heavy (non-hydrogen) atoms. The van der Waals surface area contributed by atoms with Crippen LogP contribution in [0.1, 0.15) is 16.9 Å².